The van der Waals surface area contributed by atoms with Gasteiger partial charge in [-0.1, -0.05) is 23.8 Å². The standard InChI is InChI=1S/C12H15NO/c1-9-3-4-11(10(2)7-9)12(5-6-12)13-8-14/h3-4,7-8H,5-6H2,1-2H3,(H,13,14). The third kappa shape index (κ3) is 1.41. The van der Waals surface area contributed by atoms with Gasteiger partial charge in [-0.15, -0.1) is 0 Å². The van der Waals surface area contributed by atoms with E-state index in [0.717, 1.165) is 19.3 Å². The van der Waals surface area contributed by atoms with Crippen LogP contribution in [0.25, 0.3) is 0 Å². The summed E-state index contributed by atoms with van der Waals surface area (Å²) in [4.78, 5) is 10.5. The van der Waals surface area contributed by atoms with Gasteiger partial charge < -0.3 is 5.32 Å². The predicted octanol–water partition coefficient (Wildman–Crippen LogP) is 2.04. The summed E-state index contributed by atoms with van der Waals surface area (Å²) < 4.78 is 0. The van der Waals surface area contributed by atoms with Crippen LogP contribution in [0.3, 0.4) is 0 Å². The average Bonchev–Trinajstić information content (AvgIpc) is 2.86. The van der Waals surface area contributed by atoms with Crippen molar-refractivity contribution >= 4 is 6.41 Å². The van der Waals surface area contributed by atoms with E-state index in [1.165, 1.54) is 16.7 Å². The molecule has 0 unspecified atom stereocenters. The van der Waals surface area contributed by atoms with Crippen LogP contribution in [0.2, 0.25) is 0 Å². The van der Waals surface area contributed by atoms with Gasteiger partial charge in [0.2, 0.25) is 6.41 Å². The number of carbonyl (C=O) groups excluding carboxylic acids is 1. The van der Waals surface area contributed by atoms with Crippen molar-refractivity contribution in [1.82, 2.24) is 5.32 Å². The van der Waals surface area contributed by atoms with Gasteiger partial charge >= 0.3 is 0 Å². The minimum Gasteiger partial charge on any atom is -0.349 e. The lowest BCUT2D eigenvalue weighted by Crippen LogP contribution is -2.28. The number of nitrogens with one attached hydrogen (secondary N) is 1. The normalized spacial score (nSPS) is 17.6. The van der Waals surface area contributed by atoms with Crippen LogP contribution in [-0.2, 0) is 10.3 Å². The molecule has 1 fully saturated rings. The zero-order valence-corrected chi connectivity index (χ0v) is 8.63. The first-order chi connectivity index (χ1) is 6.68. The van der Waals surface area contributed by atoms with E-state index in [-0.39, 0.29) is 5.54 Å². The third-order valence-corrected chi connectivity index (χ3v) is 2.98. The van der Waals surface area contributed by atoms with Gasteiger partial charge in [-0.3, -0.25) is 4.79 Å². The summed E-state index contributed by atoms with van der Waals surface area (Å²) in [5.41, 5.74) is 3.78. The number of aryl methyl sites for hydroxylation is 2. The number of amides is 1. The van der Waals surface area contributed by atoms with E-state index >= 15 is 0 Å². The van der Waals surface area contributed by atoms with Gasteiger partial charge in [0, 0.05) is 0 Å². The molecule has 0 spiro atoms. The van der Waals surface area contributed by atoms with Gasteiger partial charge in [0.15, 0.2) is 0 Å². The van der Waals surface area contributed by atoms with Crippen LogP contribution in [0.15, 0.2) is 18.2 Å². The highest BCUT2D eigenvalue weighted by Gasteiger charge is 2.44. The summed E-state index contributed by atoms with van der Waals surface area (Å²) >= 11 is 0. The number of benzene rings is 1. The van der Waals surface area contributed by atoms with Gasteiger partial charge in [-0.25, -0.2) is 0 Å². The maximum atomic E-state index is 10.5. The Morgan fingerprint density at radius 1 is 1.36 bits per heavy atom. The van der Waals surface area contributed by atoms with E-state index in [2.05, 4.69) is 37.4 Å². The van der Waals surface area contributed by atoms with Crippen molar-refractivity contribution in [2.75, 3.05) is 0 Å². The van der Waals surface area contributed by atoms with E-state index in [1.54, 1.807) is 0 Å². The van der Waals surface area contributed by atoms with Crippen molar-refractivity contribution in [3.8, 4) is 0 Å². The number of carbonyl (C=O) groups is 1. The summed E-state index contributed by atoms with van der Waals surface area (Å²) in [6.45, 7) is 4.19. The van der Waals surface area contributed by atoms with Crippen molar-refractivity contribution in [3.05, 3.63) is 34.9 Å². The van der Waals surface area contributed by atoms with Gasteiger partial charge in [-0.05, 0) is 37.8 Å². The number of hydrogen-bond donors (Lipinski definition) is 1. The van der Waals surface area contributed by atoms with Crippen LogP contribution in [0.5, 0.6) is 0 Å². The van der Waals surface area contributed by atoms with E-state index in [1.807, 2.05) is 0 Å². The Bertz CT molecular complexity index is 367. The highest BCUT2D eigenvalue weighted by molar-refractivity contribution is 5.53. The monoisotopic (exact) mass is 189 g/mol. The molecule has 2 rings (SSSR count). The molecular formula is C12H15NO. The highest BCUT2D eigenvalue weighted by Crippen LogP contribution is 2.46. The quantitative estimate of drug-likeness (QED) is 0.724. The molecule has 14 heavy (non-hydrogen) atoms. The summed E-state index contributed by atoms with van der Waals surface area (Å²) in [5.74, 6) is 0. The van der Waals surface area contributed by atoms with Crippen molar-refractivity contribution in [2.45, 2.75) is 32.2 Å². The molecule has 1 aromatic carbocycles. The second-order valence-corrected chi connectivity index (χ2v) is 4.16. The Morgan fingerprint density at radius 3 is 2.57 bits per heavy atom. The Balaban J connectivity index is 2.36. The second-order valence-electron chi connectivity index (χ2n) is 4.16. The molecule has 2 heteroatoms. The molecule has 0 heterocycles. The van der Waals surface area contributed by atoms with Crippen LogP contribution in [0, 0.1) is 13.8 Å². The fraction of sp³-hybridized carbons (Fsp3) is 0.417. The first kappa shape index (κ1) is 9.25. The number of hydrogen-bond acceptors (Lipinski definition) is 1. The molecule has 2 nitrogen and oxygen atoms in total. The summed E-state index contributed by atoms with van der Waals surface area (Å²) in [5, 5.41) is 2.93. The zero-order valence-electron chi connectivity index (χ0n) is 8.63. The lowest BCUT2D eigenvalue weighted by atomic mass is 9.97. The molecule has 0 aliphatic heterocycles. The van der Waals surface area contributed by atoms with E-state index < -0.39 is 0 Å². The minimum atomic E-state index is -0.0421. The smallest absolute Gasteiger partial charge is 0.207 e. The second kappa shape index (κ2) is 3.12. The molecule has 1 aliphatic rings. The van der Waals surface area contributed by atoms with Crippen LogP contribution in [0.1, 0.15) is 29.5 Å². The molecule has 1 aliphatic carbocycles. The highest BCUT2D eigenvalue weighted by atomic mass is 16.1. The predicted molar refractivity (Wildman–Crippen MR) is 56.0 cm³/mol. The van der Waals surface area contributed by atoms with Gasteiger partial charge in [-0.2, -0.15) is 0 Å². The molecule has 1 aromatic rings. The molecule has 0 aromatic heterocycles. The molecule has 0 saturated heterocycles. The molecule has 1 amide bonds. The molecular weight excluding hydrogens is 174 g/mol. The average molecular weight is 189 g/mol. The van der Waals surface area contributed by atoms with E-state index in [4.69, 9.17) is 0 Å². The molecule has 0 bridgehead atoms. The molecule has 1 N–H and O–H groups in total. The topological polar surface area (TPSA) is 29.1 Å². The maximum absolute atomic E-state index is 10.5. The Hall–Kier alpha value is -1.31. The van der Waals surface area contributed by atoms with E-state index in [9.17, 15) is 4.79 Å². The lowest BCUT2D eigenvalue weighted by molar-refractivity contribution is -0.110. The fourth-order valence-electron chi connectivity index (χ4n) is 2.08. The largest absolute Gasteiger partial charge is 0.349 e. The Morgan fingerprint density at radius 2 is 2.07 bits per heavy atom. The van der Waals surface area contributed by atoms with Crippen molar-refractivity contribution in [2.24, 2.45) is 0 Å². The Kier molecular flexibility index (Phi) is 2.06. The summed E-state index contributed by atoms with van der Waals surface area (Å²) in [6, 6.07) is 6.41. The minimum absolute atomic E-state index is 0.0421. The van der Waals surface area contributed by atoms with Gasteiger partial charge in [0.25, 0.3) is 0 Å². The zero-order chi connectivity index (χ0) is 10.2. The van der Waals surface area contributed by atoms with Crippen LogP contribution >= 0.6 is 0 Å². The van der Waals surface area contributed by atoms with Gasteiger partial charge in [0.1, 0.15) is 0 Å². The van der Waals surface area contributed by atoms with Crippen molar-refractivity contribution in [1.29, 1.82) is 0 Å². The molecule has 0 atom stereocenters. The summed E-state index contributed by atoms with van der Waals surface area (Å²) in [7, 11) is 0. The molecule has 74 valence electrons. The third-order valence-electron chi connectivity index (χ3n) is 2.98. The fourth-order valence-corrected chi connectivity index (χ4v) is 2.08. The molecule has 0 radical (unpaired) electrons. The maximum Gasteiger partial charge on any atom is 0.207 e. The summed E-state index contributed by atoms with van der Waals surface area (Å²) in [6.07, 6.45) is 2.94. The lowest BCUT2D eigenvalue weighted by Gasteiger charge is -2.17. The van der Waals surface area contributed by atoms with Crippen molar-refractivity contribution < 1.29 is 4.79 Å². The van der Waals surface area contributed by atoms with Crippen LogP contribution in [0.4, 0.5) is 0 Å². The SMILES string of the molecule is Cc1ccc(C2(NC=O)CC2)c(C)c1. The first-order valence-electron chi connectivity index (χ1n) is 4.97. The number of rotatable bonds is 3. The molecule has 1 saturated carbocycles. The van der Waals surface area contributed by atoms with Crippen molar-refractivity contribution in [3.63, 3.8) is 0 Å². The van der Waals surface area contributed by atoms with Gasteiger partial charge in [0.05, 0.1) is 5.54 Å². The first-order valence-corrected chi connectivity index (χ1v) is 4.97. The van der Waals surface area contributed by atoms with Crippen LogP contribution in [-0.4, -0.2) is 6.41 Å². The Labute approximate surface area is 84.3 Å². The van der Waals surface area contributed by atoms with E-state index in [0.29, 0.717) is 0 Å². The van der Waals surface area contributed by atoms with Crippen LogP contribution < -0.4 is 5.32 Å².